The maximum Gasteiger partial charge on any atom is 0.254 e. The molecule has 88 valence electrons. The molecule has 0 unspecified atom stereocenters. The largest absolute Gasteiger partial charge is 0.399 e. The standard InChI is InChI=1S/C10H10FN5O/c11-8-2-1-6(12)3-7(8)10(17)13-4-9-14-5-15-16-9/h1-3,5H,4,12H2,(H,13,17)(H,14,15,16). The lowest BCUT2D eigenvalue weighted by molar-refractivity contribution is 0.0946. The van der Waals surface area contributed by atoms with Crippen molar-refractivity contribution in [3.63, 3.8) is 0 Å². The fourth-order valence-corrected chi connectivity index (χ4v) is 1.29. The van der Waals surface area contributed by atoms with Crippen LogP contribution in [0, 0.1) is 5.82 Å². The normalized spacial score (nSPS) is 10.2. The molecule has 17 heavy (non-hydrogen) atoms. The number of nitrogens with two attached hydrogens (primary N) is 1. The number of anilines is 1. The second-order valence-electron chi connectivity index (χ2n) is 3.35. The Labute approximate surface area is 96.1 Å². The Balaban J connectivity index is 2.07. The molecule has 0 saturated carbocycles. The molecule has 0 saturated heterocycles. The highest BCUT2D eigenvalue weighted by atomic mass is 19.1. The number of H-pyrrole nitrogens is 1. The minimum Gasteiger partial charge on any atom is -0.399 e. The number of nitrogens with zero attached hydrogens (tertiary/aromatic N) is 2. The third-order valence-electron chi connectivity index (χ3n) is 2.12. The van der Waals surface area contributed by atoms with Crippen molar-refractivity contribution in [2.24, 2.45) is 0 Å². The number of hydrogen-bond donors (Lipinski definition) is 3. The van der Waals surface area contributed by atoms with Crippen LogP contribution in [-0.4, -0.2) is 21.1 Å². The summed E-state index contributed by atoms with van der Waals surface area (Å²) in [4.78, 5) is 15.5. The summed E-state index contributed by atoms with van der Waals surface area (Å²) in [5, 5.41) is 8.70. The second-order valence-corrected chi connectivity index (χ2v) is 3.35. The molecule has 1 aromatic heterocycles. The number of nitrogens with one attached hydrogen (secondary N) is 2. The van der Waals surface area contributed by atoms with Crippen LogP contribution in [0.3, 0.4) is 0 Å². The summed E-state index contributed by atoms with van der Waals surface area (Å²) in [5.41, 5.74) is 5.72. The fraction of sp³-hybridized carbons (Fsp3) is 0.100. The molecule has 1 aromatic carbocycles. The van der Waals surface area contributed by atoms with E-state index >= 15 is 0 Å². The van der Waals surface area contributed by atoms with Gasteiger partial charge in [-0.2, -0.15) is 5.10 Å². The molecule has 1 amide bonds. The molecule has 0 aliphatic carbocycles. The molecule has 4 N–H and O–H groups in total. The van der Waals surface area contributed by atoms with Crippen molar-refractivity contribution in [2.45, 2.75) is 6.54 Å². The van der Waals surface area contributed by atoms with E-state index in [4.69, 9.17) is 5.73 Å². The van der Waals surface area contributed by atoms with Crippen LogP contribution in [0.25, 0.3) is 0 Å². The van der Waals surface area contributed by atoms with E-state index in [0.29, 0.717) is 11.5 Å². The Bertz CT molecular complexity index is 525. The van der Waals surface area contributed by atoms with E-state index in [9.17, 15) is 9.18 Å². The second kappa shape index (κ2) is 4.60. The molecular formula is C10H10FN5O. The van der Waals surface area contributed by atoms with Gasteiger partial charge in [-0.1, -0.05) is 0 Å². The number of aromatic amines is 1. The zero-order valence-corrected chi connectivity index (χ0v) is 8.77. The molecule has 0 aliphatic rings. The number of hydrogen-bond acceptors (Lipinski definition) is 4. The number of rotatable bonds is 3. The van der Waals surface area contributed by atoms with Crippen LogP contribution >= 0.6 is 0 Å². The third kappa shape index (κ3) is 2.57. The Morgan fingerprint density at radius 3 is 3.06 bits per heavy atom. The molecule has 0 radical (unpaired) electrons. The van der Waals surface area contributed by atoms with Gasteiger partial charge >= 0.3 is 0 Å². The lowest BCUT2D eigenvalue weighted by atomic mass is 10.2. The van der Waals surface area contributed by atoms with Gasteiger partial charge in [-0.15, -0.1) is 0 Å². The van der Waals surface area contributed by atoms with Gasteiger partial charge in [-0.05, 0) is 18.2 Å². The average Bonchev–Trinajstić information content (AvgIpc) is 2.82. The molecular weight excluding hydrogens is 225 g/mol. The van der Waals surface area contributed by atoms with Crippen molar-refractivity contribution in [2.75, 3.05) is 5.73 Å². The van der Waals surface area contributed by atoms with Gasteiger partial charge in [0.15, 0.2) is 0 Å². The van der Waals surface area contributed by atoms with Gasteiger partial charge in [0.1, 0.15) is 18.0 Å². The van der Waals surface area contributed by atoms with Crippen LogP contribution in [0.15, 0.2) is 24.5 Å². The summed E-state index contributed by atoms with van der Waals surface area (Å²) >= 11 is 0. The molecule has 0 bridgehead atoms. The Hall–Kier alpha value is -2.44. The lowest BCUT2D eigenvalue weighted by Gasteiger charge is -2.05. The van der Waals surface area contributed by atoms with E-state index in [1.165, 1.54) is 18.5 Å². The zero-order chi connectivity index (χ0) is 12.3. The van der Waals surface area contributed by atoms with Crippen LogP contribution in [0.5, 0.6) is 0 Å². The van der Waals surface area contributed by atoms with Crippen molar-refractivity contribution in [1.82, 2.24) is 20.5 Å². The molecule has 6 nitrogen and oxygen atoms in total. The van der Waals surface area contributed by atoms with Gasteiger partial charge in [-0.25, -0.2) is 9.37 Å². The van der Waals surface area contributed by atoms with Crippen molar-refractivity contribution in [3.8, 4) is 0 Å². The quantitative estimate of drug-likeness (QED) is 0.673. The summed E-state index contributed by atoms with van der Waals surface area (Å²) < 4.78 is 13.3. The average molecular weight is 235 g/mol. The highest BCUT2D eigenvalue weighted by molar-refractivity contribution is 5.95. The first kappa shape index (κ1) is 11.1. The predicted octanol–water partition coefficient (Wildman–Crippen LogP) is 0.456. The molecule has 1 heterocycles. The molecule has 0 atom stereocenters. The van der Waals surface area contributed by atoms with Gasteiger partial charge in [-0.3, -0.25) is 9.89 Å². The van der Waals surface area contributed by atoms with Crippen molar-refractivity contribution >= 4 is 11.6 Å². The molecule has 0 aliphatic heterocycles. The van der Waals surface area contributed by atoms with Crippen LogP contribution in [0.4, 0.5) is 10.1 Å². The minimum atomic E-state index is -0.616. The summed E-state index contributed by atoms with van der Waals surface area (Å²) in [6.07, 6.45) is 1.32. The van der Waals surface area contributed by atoms with E-state index in [0.717, 1.165) is 6.07 Å². The monoisotopic (exact) mass is 235 g/mol. The van der Waals surface area contributed by atoms with Gasteiger partial charge in [0.2, 0.25) is 0 Å². The van der Waals surface area contributed by atoms with Crippen LogP contribution in [0.2, 0.25) is 0 Å². The first-order chi connectivity index (χ1) is 8.16. The van der Waals surface area contributed by atoms with Crippen LogP contribution in [-0.2, 0) is 6.54 Å². The summed E-state index contributed by atoms with van der Waals surface area (Å²) in [5.74, 6) is -0.678. The predicted molar refractivity (Wildman–Crippen MR) is 58.4 cm³/mol. The number of carbonyl (C=O) groups excluding carboxylic acids is 1. The van der Waals surface area contributed by atoms with E-state index in [2.05, 4.69) is 20.5 Å². The highest BCUT2D eigenvalue weighted by Crippen LogP contribution is 2.11. The van der Waals surface area contributed by atoms with Crippen LogP contribution in [0.1, 0.15) is 16.2 Å². The van der Waals surface area contributed by atoms with Crippen molar-refractivity contribution < 1.29 is 9.18 Å². The fourth-order valence-electron chi connectivity index (χ4n) is 1.29. The Morgan fingerprint density at radius 1 is 1.53 bits per heavy atom. The number of halogens is 1. The topological polar surface area (TPSA) is 96.7 Å². The van der Waals surface area contributed by atoms with Gasteiger partial charge < -0.3 is 11.1 Å². The highest BCUT2D eigenvalue weighted by Gasteiger charge is 2.11. The molecule has 0 fully saturated rings. The summed E-state index contributed by atoms with van der Waals surface area (Å²) in [6.45, 7) is 0.146. The smallest absolute Gasteiger partial charge is 0.254 e. The first-order valence-corrected chi connectivity index (χ1v) is 4.84. The zero-order valence-electron chi connectivity index (χ0n) is 8.77. The summed E-state index contributed by atoms with van der Waals surface area (Å²) in [6, 6.07) is 3.83. The SMILES string of the molecule is Nc1ccc(F)c(C(=O)NCc2ncn[nH]2)c1. The third-order valence-corrected chi connectivity index (χ3v) is 2.12. The Kier molecular flexibility index (Phi) is 2.99. The number of amides is 1. The van der Waals surface area contributed by atoms with Gasteiger partial charge in [0.05, 0.1) is 12.1 Å². The number of aromatic nitrogens is 3. The number of benzene rings is 1. The molecule has 0 spiro atoms. The lowest BCUT2D eigenvalue weighted by Crippen LogP contribution is -2.24. The van der Waals surface area contributed by atoms with Crippen LogP contribution < -0.4 is 11.1 Å². The maximum absolute atomic E-state index is 13.3. The maximum atomic E-state index is 13.3. The molecule has 2 aromatic rings. The minimum absolute atomic E-state index is 0.0930. The number of carbonyl (C=O) groups is 1. The molecule has 7 heteroatoms. The van der Waals surface area contributed by atoms with E-state index in [-0.39, 0.29) is 12.1 Å². The molecule has 2 rings (SSSR count). The number of nitrogen functional groups attached to an aromatic ring is 1. The Morgan fingerprint density at radius 2 is 2.35 bits per heavy atom. The van der Waals surface area contributed by atoms with Gasteiger partial charge in [0, 0.05) is 5.69 Å². The van der Waals surface area contributed by atoms with Gasteiger partial charge in [0.25, 0.3) is 5.91 Å². The van der Waals surface area contributed by atoms with E-state index < -0.39 is 11.7 Å². The van der Waals surface area contributed by atoms with E-state index in [1.807, 2.05) is 0 Å². The first-order valence-electron chi connectivity index (χ1n) is 4.84. The van der Waals surface area contributed by atoms with Crippen molar-refractivity contribution in [3.05, 3.63) is 41.7 Å². The summed E-state index contributed by atoms with van der Waals surface area (Å²) in [7, 11) is 0. The van der Waals surface area contributed by atoms with Crippen molar-refractivity contribution in [1.29, 1.82) is 0 Å². The van der Waals surface area contributed by atoms with E-state index in [1.54, 1.807) is 0 Å².